The van der Waals surface area contributed by atoms with Gasteiger partial charge in [0.05, 0.1) is 0 Å². The van der Waals surface area contributed by atoms with E-state index >= 15 is 0 Å². The van der Waals surface area contributed by atoms with Crippen LogP contribution in [0.2, 0.25) is 0 Å². The van der Waals surface area contributed by atoms with Crippen LogP contribution in [0, 0.1) is 0 Å². The van der Waals surface area contributed by atoms with Gasteiger partial charge in [-0.1, -0.05) is 0 Å². The van der Waals surface area contributed by atoms with E-state index in [1.54, 1.807) is 0 Å². The van der Waals surface area contributed by atoms with Crippen LogP contribution in [0.1, 0.15) is 0 Å². The molecule has 0 unspecified atom stereocenters. The standard InChI is InChI=1S/B47/c1-25-37(24)43(36(22)23)46(42(34(18)19)35(20)21)47(44(38(26(2)3)27(4)5)39(28(6)7)29(8)9)45(40(30(10)11)31(12)13)41(32(14)15)33(16)17. The molecule has 0 aromatic rings. The first kappa shape index (κ1) is 50.1. The lowest BCUT2D eigenvalue weighted by atomic mass is 8.25. The third-order valence-corrected chi connectivity index (χ3v) is 9.56. The molecule has 0 bridgehead atoms. The van der Waals surface area contributed by atoms with Gasteiger partial charge in [0.2, 0.25) is 0 Å². The van der Waals surface area contributed by atoms with Crippen molar-refractivity contribution in [2.75, 3.05) is 0 Å². The molecule has 0 saturated carbocycles. The highest BCUT2D eigenvalue weighted by Crippen LogP contribution is 2.21. The molecule has 0 heterocycles. The van der Waals surface area contributed by atoms with Gasteiger partial charge >= 0.3 is 0 Å². The average molecular weight is 508 g/mol. The Morgan fingerprint density at radius 3 is 0.447 bits per heavy atom. The lowest BCUT2D eigenvalue weighted by Gasteiger charge is -2.56. The number of hydrogen-bond donors (Lipinski definition) is 0. The maximum absolute atomic E-state index is 6.58. The van der Waals surface area contributed by atoms with Crippen molar-refractivity contribution in [3.63, 3.8) is 0 Å². The Morgan fingerprint density at radius 1 is 0.191 bits per heavy atom. The molecule has 0 rings (SSSR count). The van der Waals surface area contributed by atoms with Crippen molar-refractivity contribution in [3.8, 4) is 0 Å². The van der Waals surface area contributed by atoms with E-state index in [-0.39, 0.29) is 0 Å². The second-order valence-electron chi connectivity index (χ2n) is 12.9. The van der Waals surface area contributed by atoms with E-state index in [9.17, 15) is 0 Å². The van der Waals surface area contributed by atoms with Crippen molar-refractivity contribution in [3.05, 3.63) is 0 Å². The fourth-order valence-corrected chi connectivity index (χ4v) is 7.83. The summed E-state index contributed by atoms with van der Waals surface area (Å²) < 4.78 is 0. The first-order chi connectivity index (χ1) is 21.4. The predicted octanol–water partition coefficient (Wildman–Crippen LogP) is -17.9. The molecule has 47 heavy (non-hydrogen) atoms. The molecule has 0 amide bonds. The molecule has 49 radical (unpaired) electrons. The molecule has 0 spiro atoms. The predicted molar refractivity (Wildman–Crippen MR) is 270 cm³/mol. The van der Waals surface area contributed by atoms with Crippen molar-refractivity contribution in [1.82, 2.24) is 0 Å². The minimum absolute atomic E-state index is 1.09. The topological polar surface area (TPSA) is 0 Å². The van der Waals surface area contributed by atoms with Crippen LogP contribution in [0.15, 0.2) is 0 Å². The molecular weight excluding hydrogens is 508 g/mol. The van der Waals surface area contributed by atoms with Gasteiger partial charge in [0, 0.05) is 333 Å². The Labute approximate surface area is 330 Å². The molecule has 0 aromatic carbocycles. The zero-order valence-corrected chi connectivity index (χ0v) is 27.1. The molecule has 0 fully saturated rings. The van der Waals surface area contributed by atoms with Gasteiger partial charge in [0.25, 0.3) is 0 Å². The Bertz CT molecular complexity index is 667. The maximum Gasteiger partial charge on any atom is 0 e. The van der Waals surface area contributed by atoms with Gasteiger partial charge in [-0.05, 0) is 0 Å². The Morgan fingerprint density at radius 2 is 0.319 bits per heavy atom. The van der Waals surface area contributed by atoms with Crippen molar-refractivity contribution < 1.29 is 0 Å². The fourth-order valence-electron chi connectivity index (χ4n) is 7.83. The Kier molecular flexibility index (Phi) is 24.6. The zero-order chi connectivity index (χ0) is 37.4. The van der Waals surface area contributed by atoms with Crippen LogP contribution in [0.3, 0.4) is 0 Å². The van der Waals surface area contributed by atoms with Crippen LogP contribution in [-0.4, -0.2) is 333 Å². The average Bonchev–Trinajstić information content (AvgIpc) is 2.86. The molecule has 0 N–H and O–H groups in total. The monoisotopic (exact) mass is 517 g/mol. The van der Waals surface area contributed by atoms with Crippen LogP contribution in [0.25, 0.3) is 0 Å². The van der Waals surface area contributed by atoms with Crippen LogP contribution < -0.4 is 0 Å². The molecule has 0 atom stereocenters. The summed E-state index contributed by atoms with van der Waals surface area (Å²) in [5, 5.41) is 0. The first-order valence-electron chi connectivity index (χ1n) is 15.3. The summed E-state index contributed by atoms with van der Waals surface area (Å²) in [5.74, 6) is 0. The van der Waals surface area contributed by atoms with Gasteiger partial charge in [-0.25, -0.2) is 0 Å². The molecular formula is B47. The first-order valence-corrected chi connectivity index (χ1v) is 15.3. The minimum atomic E-state index is -1.30. The third kappa shape index (κ3) is 13.7. The Balaban J connectivity index is 9.21. The molecule has 47 heteroatoms. The quantitative estimate of drug-likeness (QED) is 0.128. The van der Waals surface area contributed by atoms with E-state index < -0.39 is 140 Å². The lowest BCUT2D eigenvalue weighted by molar-refractivity contribution is 3.19. The zero-order valence-electron chi connectivity index (χ0n) is 27.1. The summed E-state index contributed by atoms with van der Waals surface area (Å²) in [5.41, 5.74) is 0. The van der Waals surface area contributed by atoms with Crippen LogP contribution in [0.4, 0.5) is 0 Å². The van der Waals surface area contributed by atoms with Gasteiger partial charge in [0.1, 0.15) is 0 Å². The molecule has 0 aliphatic carbocycles. The normalized spacial score (nSPS) is 9.62. The van der Waals surface area contributed by atoms with Crippen molar-refractivity contribution in [1.29, 1.82) is 0 Å². The van der Waals surface area contributed by atoms with Crippen LogP contribution >= 0.6 is 0 Å². The molecule has 0 aliphatic heterocycles. The Hall–Kier alpha value is 3.05. The smallest absolute Gasteiger partial charge is 0 e. The number of hydrogen-bond acceptors (Lipinski definition) is 0. The lowest BCUT2D eigenvalue weighted by Crippen LogP contribution is -2.94. The van der Waals surface area contributed by atoms with Crippen LogP contribution in [0.5, 0.6) is 0 Å². The summed E-state index contributed by atoms with van der Waals surface area (Å²) in [6.45, 7) is 0. The third-order valence-electron chi connectivity index (χ3n) is 9.56. The van der Waals surface area contributed by atoms with Crippen LogP contribution in [-0.2, 0) is 0 Å². The largest absolute Gasteiger partial charge is 0 e. The molecule has 0 nitrogen and oxygen atoms in total. The fraction of sp³-hybridized carbons (Fsp3) is 0. The number of rotatable bonds is 22. The van der Waals surface area contributed by atoms with E-state index in [0.717, 1.165) is 7.06 Å². The van der Waals surface area contributed by atoms with E-state index in [4.69, 9.17) is 186 Å². The van der Waals surface area contributed by atoms with Gasteiger partial charge in [-0.3, -0.25) is 0 Å². The van der Waals surface area contributed by atoms with E-state index in [1.807, 2.05) is 0 Å². The molecule has 141 valence electrons. The van der Waals surface area contributed by atoms with Crippen molar-refractivity contribution in [2.45, 2.75) is 0 Å². The molecule has 0 saturated heterocycles. The second-order valence-corrected chi connectivity index (χ2v) is 12.9. The summed E-state index contributed by atoms with van der Waals surface area (Å²) in [6, 6.07) is 0. The second kappa shape index (κ2) is 23.1. The SMILES string of the molecule is [B][B]B([B])B(B([B])[B])B(B(B([B])[B])B([B])[B])B(B(B(B([B])[B])B([B])[B])B(B([B])[B])B([B])[B])B(B(B([B])[B])B([B])[B])B(B([B])[B])B([B])[B]. The highest BCUT2D eigenvalue weighted by Gasteiger charge is 2.59. The minimum Gasteiger partial charge on any atom is 0 e. The van der Waals surface area contributed by atoms with Crippen molar-refractivity contribution in [2.24, 2.45) is 0 Å². The molecule has 0 aromatic heterocycles. The summed E-state index contributed by atoms with van der Waals surface area (Å²) in [7, 11) is 154. The summed E-state index contributed by atoms with van der Waals surface area (Å²) in [6.07, 6.45) is -26.9. The summed E-state index contributed by atoms with van der Waals surface area (Å²) in [4.78, 5) is 0. The highest BCUT2D eigenvalue weighted by molar-refractivity contribution is 8.34. The van der Waals surface area contributed by atoms with E-state index in [0.29, 0.717) is 0 Å². The molecule has 0 aliphatic rings. The summed E-state index contributed by atoms with van der Waals surface area (Å²) >= 11 is 0. The van der Waals surface area contributed by atoms with E-state index in [2.05, 4.69) is 0 Å². The van der Waals surface area contributed by atoms with Gasteiger partial charge < -0.3 is 0 Å². The van der Waals surface area contributed by atoms with Crippen molar-refractivity contribution >= 4 is 333 Å². The van der Waals surface area contributed by atoms with E-state index in [1.165, 1.54) is 0 Å². The maximum atomic E-state index is 6.58. The van der Waals surface area contributed by atoms with Gasteiger partial charge in [-0.15, -0.1) is 0 Å². The van der Waals surface area contributed by atoms with Gasteiger partial charge in [0.15, 0.2) is 0 Å². The van der Waals surface area contributed by atoms with Gasteiger partial charge in [-0.2, -0.15) is 0 Å². The highest BCUT2D eigenvalue weighted by atomic mass is 13.4.